The fourth-order valence-electron chi connectivity index (χ4n) is 2.72. The van der Waals surface area contributed by atoms with Gasteiger partial charge in [0, 0.05) is 16.6 Å². The molecule has 0 fully saturated rings. The Balaban J connectivity index is 1.49. The molecule has 0 atom stereocenters. The lowest BCUT2D eigenvalue weighted by atomic mass is 10.2. The highest BCUT2D eigenvalue weighted by Crippen LogP contribution is 2.27. The van der Waals surface area contributed by atoms with Crippen molar-refractivity contribution in [2.45, 2.75) is 12.1 Å². The molecule has 30 heavy (non-hydrogen) atoms. The number of rotatable bonds is 7. The number of nitrogens with one attached hydrogen (secondary N) is 1. The summed E-state index contributed by atoms with van der Waals surface area (Å²) in [5.74, 6) is 0.654. The Morgan fingerprint density at radius 1 is 1.13 bits per heavy atom. The summed E-state index contributed by atoms with van der Waals surface area (Å²) in [5.41, 5.74) is 5.13. The Hall–Kier alpha value is -3.30. The average molecular weight is 435 g/mol. The third-order valence-corrected chi connectivity index (χ3v) is 5.76. The Bertz CT molecular complexity index is 1150. The van der Waals surface area contributed by atoms with E-state index in [0.29, 0.717) is 5.16 Å². The number of amides is 1. The van der Waals surface area contributed by atoms with Gasteiger partial charge in [-0.1, -0.05) is 60.3 Å². The van der Waals surface area contributed by atoms with Crippen LogP contribution in [0.4, 0.5) is 0 Å². The van der Waals surface area contributed by atoms with Crippen LogP contribution in [0.2, 0.25) is 0 Å². The van der Waals surface area contributed by atoms with Crippen molar-refractivity contribution < 1.29 is 4.79 Å². The van der Waals surface area contributed by atoms with E-state index in [1.165, 1.54) is 29.3 Å². The molecular weight excluding hydrogens is 416 g/mol. The van der Waals surface area contributed by atoms with Gasteiger partial charge in [0.2, 0.25) is 0 Å². The summed E-state index contributed by atoms with van der Waals surface area (Å²) >= 11 is 2.84. The van der Waals surface area contributed by atoms with Gasteiger partial charge in [-0.15, -0.1) is 21.5 Å². The van der Waals surface area contributed by atoms with E-state index < -0.39 is 0 Å². The molecule has 2 aromatic carbocycles. The van der Waals surface area contributed by atoms with Gasteiger partial charge in [-0.2, -0.15) is 5.10 Å². The van der Waals surface area contributed by atoms with Gasteiger partial charge in [0.15, 0.2) is 11.0 Å². The minimum atomic E-state index is -0.230. The molecule has 0 bridgehead atoms. The van der Waals surface area contributed by atoms with Gasteiger partial charge in [0.05, 0.1) is 22.7 Å². The molecule has 4 aromatic rings. The van der Waals surface area contributed by atoms with E-state index in [9.17, 15) is 4.79 Å². The number of thioether (sulfide) groups is 1. The van der Waals surface area contributed by atoms with Crippen molar-refractivity contribution in [3.63, 3.8) is 0 Å². The Labute approximate surface area is 181 Å². The van der Waals surface area contributed by atoms with E-state index in [0.717, 1.165) is 27.8 Å². The fourth-order valence-corrected chi connectivity index (χ4v) is 4.03. The van der Waals surface area contributed by atoms with E-state index in [-0.39, 0.29) is 11.7 Å². The summed E-state index contributed by atoms with van der Waals surface area (Å²) in [6.07, 6.45) is 1.53. The number of aromatic nitrogens is 4. The number of benzene rings is 2. The van der Waals surface area contributed by atoms with Crippen molar-refractivity contribution in [1.82, 2.24) is 25.2 Å². The summed E-state index contributed by atoms with van der Waals surface area (Å²) in [6, 6.07) is 19.7. The molecule has 2 aromatic heterocycles. The second kappa shape index (κ2) is 9.47. The Kier molecular flexibility index (Phi) is 6.31. The number of thiazole rings is 1. The van der Waals surface area contributed by atoms with Crippen molar-refractivity contribution in [3.8, 4) is 17.1 Å². The number of carbonyl (C=O) groups is 1. The maximum absolute atomic E-state index is 12.2. The van der Waals surface area contributed by atoms with Crippen LogP contribution in [0.1, 0.15) is 10.7 Å². The molecule has 0 aliphatic rings. The number of hydrogen-bond donors (Lipinski definition) is 1. The molecule has 1 amide bonds. The molecule has 0 spiro atoms. The van der Waals surface area contributed by atoms with Gasteiger partial charge in [-0.3, -0.25) is 9.36 Å². The van der Waals surface area contributed by atoms with E-state index in [4.69, 9.17) is 0 Å². The average Bonchev–Trinajstić information content (AvgIpc) is 3.39. The molecule has 1 N–H and O–H groups in total. The van der Waals surface area contributed by atoms with Crippen LogP contribution < -0.4 is 5.43 Å². The number of carbonyl (C=O) groups excluding carboxylic acids is 1. The lowest BCUT2D eigenvalue weighted by Crippen LogP contribution is -2.20. The lowest BCUT2D eigenvalue weighted by molar-refractivity contribution is -0.118. The van der Waals surface area contributed by atoms with E-state index >= 15 is 0 Å². The molecule has 0 radical (unpaired) electrons. The second-order valence-corrected chi connectivity index (χ2v) is 8.22. The molecule has 0 aliphatic heterocycles. The second-order valence-electron chi connectivity index (χ2n) is 6.22. The number of para-hydroxylation sites is 1. The third-order valence-electron chi connectivity index (χ3n) is 4.03. The van der Waals surface area contributed by atoms with E-state index in [2.05, 4.69) is 25.7 Å². The van der Waals surface area contributed by atoms with Gasteiger partial charge in [-0.05, 0) is 19.1 Å². The molecule has 2 heterocycles. The highest BCUT2D eigenvalue weighted by atomic mass is 32.2. The van der Waals surface area contributed by atoms with Gasteiger partial charge >= 0.3 is 0 Å². The molecule has 0 saturated carbocycles. The molecule has 150 valence electrons. The van der Waals surface area contributed by atoms with Crippen LogP contribution >= 0.6 is 23.1 Å². The monoisotopic (exact) mass is 434 g/mol. The van der Waals surface area contributed by atoms with Crippen molar-refractivity contribution in [1.29, 1.82) is 0 Å². The van der Waals surface area contributed by atoms with Crippen LogP contribution in [-0.4, -0.2) is 37.6 Å². The molecule has 0 saturated heterocycles. The predicted molar refractivity (Wildman–Crippen MR) is 120 cm³/mol. The first-order valence-electron chi connectivity index (χ1n) is 9.14. The van der Waals surface area contributed by atoms with Crippen LogP contribution in [0.3, 0.4) is 0 Å². The van der Waals surface area contributed by atoms with E-state index in [1.807, 2.05) is 77.5 Å². The predicted octanol–water partition coefficient (Wildman–Crippen LogP) is 3.94. The standard InChI is InChI=1S/C21H18N6OS2/c1-15-23-17(13-29-15)12-22-24-19(28)14-30-21-26-25-20(16-8-4-2-5-9-16)27(21)18-10-6-3-7-11-18/h2-13H,14H2,1H3,(H,24,28)/b22-12+. The Morgan fingerprint density at radius 3 is 2.57 bits per heavy atom. The number of nitrogens with zero attached hydrogens (tertiary/aromatic N) is 5. The molecule has 7 nitrogen and oxygen atoms in total. The van der Waals surface area contributed by atoms with Crippen molar-refractivity contribution in [3.05, 3.63) is 76.7 Å². The lowest BCUT2D eigenvalue weighted by Gasteiger charge is -2.10. The third kappa shape index (κ3) is 4.81. The van der Waals surface area contributed by atoms with Gasteiger partial charge < -0.3 is 0 Å². The maximum atomic E-state index is 12.2. The van der Waals surface area contributed by atoms with Crippen LogP contribution in [0.5, 0.6) is 0 Å². The minimum absolute atomic E-state index is 0.160. The summed E-state index contributed by atoms with van der Waals surface area (Å²) in [7, 11) is 0. The molecular formula is C21H18N6OS2. The summed E-state index contributed by atoms with van der Waals surface area (Å²) in [6.45, 7) is 1.92. The zero-order valence-electron chi connectivity index (χ0n) is 16.1. The van der Waals surface area contributed by atoms with Crippen molar-refractivity contribution in [2.24, 2.45) is 5.10 Å². The molecule has 9 heteroatoms. The Morgan fingerprint density at radius 2 is 1.87 bits per heavy atom. The van der Waals surface area contributed by atoms with Crippen LogP contribution in [0.15, 0.2) is 76.3 Å². The van der Waals surface area contributed by atoms with Crippen molar-refractivity contribution in [2.75, 3.05) is 5.75 Å². The topological polar surface area (TPSA) is 85.1 Å². The zero-order valence-corrected chi connectivity index (χ0v) is 17.7. The number of hydrazone groups is 1. The molecule has 0 aliphatic carbocycles. The van der Waals surface area contributed by atoms with Gasteiger partial charge in [0.1, 0.15) is 0 Å². The largest absolute Gasteiger partial charge is 0.272 e. The first-order valence-corrected chi connectivity index (χ1v) is 11.0. The number of aryl methyl sites for hydroxylation is 1. The van der Waals surface area contributed by atoms with Gasteiger partial charge in [0.25, 0.3) is 5.91 Å². The molecule has 0 unspecified atom stereocenters. The zero-order chi connectivity index (χ0) is 20.8. The van der Waals surface area contributed by atoms with Crippen LogP contribution in [-0.2, 0) is 4.79 Å². The maximum Gasteiger partial charge on any atom is 0.250 e. The number of hydrogen-bond acceptors (Lipinski definition) is 7. The first-order chi connectivity index (χ1) is 14.7. The first kappa shape index (κ1) is 20.0. The fraction of sp³-hybridized carbons (Fsp3) is 0.0952. The van der Waals surface area contributed by atoms with Crippen molar-refractivity contribution >= 4 is 35.2 Å². The smallest absolute Gasteiger partial charge is 0.250 e. The summed E-state index contributed by atoms with van der Waals surface area (Å²) < 4.78 is 1.95. The van der Waals surface area contributed by atoms with Gasteiger partial charge in [-0.25, -0.2) is 10.4 Å². The highest BCUT2D eigenvalue weighted by molar-refractivity contribution is 7.99. The minimum Gasteiger partial charge on any atom is -0.272 e. The quantitative estimate of drug-likeness (QED) is 0.271. The SMILES string of the molecule is Cc1nc(/C=N/NC(=O)CSc2nnc(-c3ccccc3)n2-c2ccccc2)cs1. The highest BCUT2D eigenvalue weighted by Gasteiger charge is 2.16. The van der Waals surface area contributed by atoms with Crippen LogP contribution in [0, 0.1) is 6.92 Å². The summed E-state index contributed by atoms with van der Waals surface area (Å²) in [4.78, 5) is 16.5. The summed E-state index contributed by atoms with van der Waals surface area (Å²) in [5, 5.41) is 16.1. The van der Waals surface area contributed by atoms with E-state index in [1.54, 1.807) is 0 Å². The normalized spacial score (nSPS) is 11.1. The molecule has 4 rings (SSSR count). The van der Waals surface area contributed by atoms with Crippen LogP contribution in [0.25, 0.3) is 17.1 Å².